The minimum absolute atomic E-state index is 0.0252. The predicted molar refractivity (Wildman–Crippen MR) is 80.1 cm³/mol. The van der Waals surface area contributed by atoms with Crippen LogP contribution < -0.4 is 0 Å². The third-order valence-electron chi connectivity index (χ3n) is 4.40. The molecule has 1 unspecified atom stereocenters. The normalized spacial score (nSPS) is 22.2. The number of carbonyl (C=O) groups is 1. The van der Waals surface area contributed by atoms with Gasteiger partial charge in [-0.15, -0.1) is 11.3 Å². The Hall–Kier alpha value is -0.980. The SMILES string of the molecule is COC(=O)C(O)C1CCN(Cc2cnc(C3CC3)s2)CC1. The molecule has 1 atom stereocenters. The molecule has 1 aromatic rings. The fraction of sp³-hybridized carbons (Fsp3) is 0.733. The van der Waals surface area contributed by atoms with E-state index < -0.39 is 12.1 Å². The Bertz CT molecular complexity index is 493. The number of aliphatic hydroxyl groups is 1. The Labute approximate surface area is 128 Å². The maximum atomic E-state index is 11.4. The number of thiazole rings is 1. The maximum Gasteiger partial charge on any atom is 0.334 e. The third kappa shape index (κ3) is 3.62. The van der Waals surface area contributed by atoms with Gasteiger partial charge in [-0.05, 0) is 44.7 Å². The Morgan fingerprint density at radius 1 is 1.48 bits per heavy atom. The lowest BCUT2D eigenvalue weighted by atomic mass is 9.91. The summed E-state index contributed by atoms with van der Waals surface area (Å²) in [5.74, 6) is 0.242. The van der Waals surface area contributed by atoms with Gasteiger partial charge in [0.25, 0.3) is 0 Å². The van der Waals surface area contributed by atoms with Crippen molar-refractivity contribution in [2.24, 2.45) is 5.92 Å². The minimum Gasteiger partial charge on any atom is -0.467 e. The first-order valence-electron chi connectivity index (χ1n) is 7.60. The molecule has 2 aliphatic rings. The molecule has 1 aliphatic heterocycles. The molecular formula is C15H22N2O3S. The van der Waals surface area contributed by atoms with Crippen molar-refractivity contribution >= 4 is 17.3 Å². The molecule has 6 heteroatoms. The number of hydrogen-bond acceptors (Lipinski definition) is 6. The molecule has 3 rings (SSSR count). The lowest BCUT2D eigenvalue weighted by Crippen LogP contribution is -2.40. The quantitative estimate of drug-likeness (QED) is 0.840. The van der Waals surface area contributed by atoms with Crippen LogP contribution in [0.25, 0.3) is 0 Å². The van der Waals surface area contributed by atoms with E-state index in [1.165, 1.54) is 29.8 Å². The van der Waals surface area contributed by atoms with Gasteiger partial charge in [0, 0.05) is 23.5 Å². The predicted octanol–water partition coefficient (Wildman–Crippen LogP) is 1.77. The van der Waals surface area contributed by atoms with Crippen molar-refractivity contribution in [3.8, 4) is 0 Å². The first kappa shape index (κ1) is 14.9. The number of hydrogen-bond donors (Lipinski definition) is 1. The number of ether oxygens (including phenoxy) is 1. The van der Waals surface area contributed by atoms with Crippen molar-refractivity contribution in [2.75, 3.05) is 20.2 Å². The summed E-state index contributed by atoms with van der Waals surface area (Å²) in [6.45, 7) is 2.76. The smallest absolute Gasteiger partial charge is 0.334 e. The van der Waals surface area contributed by atoms with Crippen LogP contribution in [0, 0.1) is 5.92 Å². The molecule has 1 aliphatic carbocycles. The summed E-state index contributed by atoms with van der Waals surface area (Å²) in [6.07, 6.45) is 5.30. The summed E-state index contributed by atoms with van der Waals surface area (Å²) in [7, 11) is 1.32. The van der Waals surface area contributed by atoms with E-state index in [1.54, 1.807) is 0 Å². The van der Waals surface area contributed by atoms with Gasteiger partial charge < -0.3 is 9.84 Å². The number of aliphatic hydroxyl groups excluding tert-OH is 1. The fourth-order valence-electron chi connectivity index (χ4n) is 2.88. The monoisotopic (exact) mass is 310 g/mol. The number of aromatic nitrogens is 1. The number of likely N-dealkylation sites (tertiary alicyclic amines) is 1. The molecule has 0 radical (unpaired) electrons. The zero-order chi connectivity index (χ0) is 14.8. The molecule has 21 heavy (non-hydrogen) atoms. The van der Waals surface area contributed by atoms with Gasteiger partial charge in [0.15, 0.2) is 6.10 Å². The molecule has 1 aromatic heterocycles. The largest absolute Gasteiger partial charge is 0.467 e. The van der Waals surface area contributed by atoms with E-state index in [2.05, 4.69) is 14.6 Å². The molecule has 2 fully saturated rings. The number of methoxy groups -OCH3 is 1. The van der Waals surface area contributed by atoms with Gasteiger partial charge in [-0.25, -0.2) is 9.78 Å². The van der Waals surface area contributed by atoms with Gasteiger partial charge in [-0.1, -0.05) is 0 Å². The number of rotatable bonds is 5. The molecule has 1 N–H and O–H groups in total. The van der Waals surface area contributed by atoms with E-state index >= 15 is 0 Å². The molecule has 0 bridgehead atoms. The van der Waals surface area contributed by atoms with Crippen molar-refractivity contribution in [2.45, 2.75) is 44.2 Å². The molecule has 5 nitrogen and oxygen atoms in total. The average molecular weight is 310 g/mol. The van der Waals surface area contributed by atoms with Crippen molar-refractivity contribution in [1.82, 2.24) is 9.88 Å². The lowest BCUT2D eigenvalue weighted by molar-refractivity contribution is -0.154. The highest BCUT2D eigenvalue weighted by Crippen LogP contribution is 2.42. The van der Waals surface area contributed by atoms with Gasteiger partial charge in [-0.3, -0.25) is 4.90 Å². The Balaban J connectivity index is 1.47. The van der Waals surface area contributed by atoms with Crippen LogP contribution in [0.2, 0.25) is 0 Å². The average Bonchev–Trinajstić information content (AvgIpc) is 3.27. The number of esters is 1. The first-order valence-corrected chi connectivity index (χ1v) is 8.42. The van der Waals surface area contributed by atoms with Gasteiger partial charge in [0.05, 0.1) is 12.1 Å². The highest BCUT2D eigenvalue weighted by atomic mass is 32.1. The molecule has 1 saturated heterocycles. The van der Waals surface area contributed by atoms with Crippen molar-refractivity contribution in [1.29, 1.82) is 0 Å². The van der Waals surface area contributed by atoms with E-state index in [4.69, 9.17) is 0 Å². The van der Waals surface area contributed by atoms with E-state index in [1.807, 2.05) is 17.5 Å². The molecule has 1 saturated carbocycles. The summed E-state index contributed by atoms with van der Waals surface area (Å²) in [5, 5.41) is 11.2. The van der Waals surface area contributed by atoms with E-state index in [-0.39, 0.29) is 5.92 Å². The maximum absolute atomic E-state index is 11.4. The van der Waals surface area contributed by atoms with Crippen LogP contribution >= 0.6 is 11.3 Å². The van der Waals surface area contributed by atoms with Crippen LogP contribution in [0.4, 0.5) is 0 Å². The highest BCUT2D eigenvalue weighted by Gasteiger charge is 2.31. The van der Waals surface area contributed by atoms with Gasteiger partial charge in [-0.2, -0.15) is 0 Å². The fourth-order valence-corrected chi connectivity index (χ4v) is 4.00. The van der Waals surface area contributed by atoms with Crippen LogP contribution in [0.15, 0.2) is 6.20 Å². The van der Waals surface area contributed by atoms with E-state index in [0.717, 1.165) is 38.4 Å². The standard InChI is InChI=1S/C15H22N2O3S/c1-20-15(19)13(18)10-4-6-17(7-5-10)9-12-8-16-14(21-12)11-2-3-11/h8,10-11,13,18H,2-7,9H2,1H3. The second-order valence-corrected chi connectivity index (χ2v) is 7.17. The van der Waals surface area contributed by atoms with Crippen molar-refractivity contribution in [3.05, 3.63) is 16.1 Å². The van der Waals surface area contributed by atoms with Crippen LogP contribution in [-0.4, -0.2) is 47.3 Å². The van der Waals surface area contributed by atoms with Gasteiger partial charge in [0.1, 0.15) is 0 Å². The molecule has 116 valence electrons. The minimum atomic E-state index is -0.970. The second-order valence-electron chi connectivity index (χ2n) is 6.02. The third-order valence-corrected chi connectivity index (χ3v) is 5.54. The van der Waals surface area contributed by atoms with Crippen LogP contribution in [0.3, 0.4) is 0 Å². The molecule has 2 heterocycles. The zero-order valence-electron chi connectivity index (χ0n) is 12.3. The topological polar surface area (TPSA) is 62.7 Å². The molecule has 0 aromatic carbocycles. The second kappa shape index (κ2) is 6.42. The van der Waals surface area contributed by atoms with Crippen LogP contribution in [0.1, 0.15) is 41.5 Å². The van der Waals surface area contributed by atoms with Crippen molar-refractivity contribution < 1.29 is 14.6 Å². The van der Waals surface area contributed by atoms with Crippen LogP contribution in [0.5, 0.6) is 0 Å². The molecule has 0 spiro atoms. The van der Waals surface area contributed by atoms with Crippen LogP contribution in [-0.2, 0) is 16.1 Å². The molecule has 0 amide bonds. The Kier molecular flexibility index (Phi) is 4.57. The Morgan fingerprint density at radius 2 is 2.19 bits per heavy atom. The summed E-state index contributed by atoms with van der Waals surface area (Å²) >= 11 is 1.84. The van der Waals surface area contributed by atoms with Crippen molar-refractivity contribution in [3.63, 3.8) is 0 Å². The summed E-state index contributed by atoms with van der Waals surface area (Å²) in [4.78, 5) is 19.6. The first-order chi connectivity index (χ1) is 10.2. The highest BCUT2D eigenvalue weighted by molar-refractivity contribution is 7.11. The summed E-state index contributed by atoms with van der Waals surface area (Å²) in [5.41, 5.74) is 0. The molecular weight excluding hydrogens is 288 g/mol. The Morgan fingerprint density at radius 3 is 2.81 bits per heavy atom. The number of piperidine rings is 1. The number of nitrogens with zero attached hydrogens (tertiary/aromatic N) is 2. The van der Waals surface area contributed by atoms with E-state index in [9.17, 15) is 9.90 Å². The zero-order valence-corrected chi connectivity index (χ0v) is 13.1. The summed E-state index contributed by atoms with van der Waals surface area (Å²) in [6, 6.07) is 0. The van der Waals surface area contributed by atoms with Gasteiger partial charge >= 0.3 is 5.97 Å². The van der Waals surface area contributed by atoms with E-state index in [0.29, 0.717) is 0 Å². The van der Waals surface area contributed by atoms with Gasteiger partial charge in [0.2, 0.25) is 0 Å². The number of carbonyl (C=O) groups excluding carboxylic acids is 1. The summed E-state index contributed by atoms with van der Waals surface area (Å²) < 4.78 is 4.61. The lowest BCUT2D eigenvalue weighted by Gasteiger charge is -2.32.